The van der Waals surface area contributed by atoms with Gasteiger partial charge in [-0.1, -0.05) is 24.3 Å². The van der Waals surface area contributed by atoms with E-state index in [-0.39, 0.29) is 5.56 Å². The van der Waals surface area contributed by atoms with Gasteiger partial charge in [-0.15, -0.1) is 0 Å². The Morgan fingerprint density at radius 3 is 2.85 bits per heavy atom. The van der Waals surface area contributed by atoms with Crippen LogP contribution in [0.15, 0.2) is 41.3 Å². The molecule has 1 aliphatic rings. The molecule has 0 bridgehead atoms. The summed E-state index contributed by atoms with van der Waals surface area (Å²) in [5.74, 6) is 0.565. The summed E-state index contributed by atoms with van der Waals surface area (Å²) in [5.41, 5.74) is 4.80. The maximum absolute atomic E-state index is 12.2. The second-order valence-corrected chi connectivity index (χ2v) is 5.46. The van der Waals surface area contributed by atoms with Crippen molar-refractivity contribution in [2.24, 2.45) is 0 Å². The van der Waals surface area contributed by atoms with Gasteiger partial charge in [0.15, 0.2) is 5.65 Å². The number of aromatic nitrogens is 3. The number of benzene rings is 1. The lowest BCUT2D eigenvalue weighted by Crippen LogP contribution is -2.14. The number of hydrogen-bond acceptors (Lipinski definition) is 2. The van der Waals surface area contributed by atoms with Gasteiger partial charge in [-0.05, 0) is 31.2 Å². The van der Waals surface area contributed by atoms with E-state index in [1.807, 2.05) is 37.4 Å². The first kappa shape index (κ1) is 11.5. The van der Waals surface area contributed by atoms with Crippen molar-refractivity contribution in [1.29, 1.82) is 0 Å². The monoisotopic (exact) mass is 265 g/mol. The van der Waals surface area contributed by atoms with Gasteiger partial charge in [0.1, 0.15) is 0 Å². The minimum Gasteiger partial charge on any atom is -0.297 e. The summed E-state index contributed by atoms with van der Waals surface area (Å²) in [4.78, 5) is 17.0. The minimum absolute atomic E-state index is 0.0554. The molecule has 0 unspecified atom stereocenters. The molecule has 1 aromatic carbocycles. The van der Waals surface area contributed by atoms with E-state index in [4.69, 9.17) is 4.98 Å². The molecule has 0 spiro atoms. The van der Waals surface area contributed by atoms with E-state index in [0.717, 1.165) is 28.0 Å². The molecular weight excluding hydrogens is 250 g/mol. The van der Waals surface area contributed by atoms with Crippen LogP contribution >= 0.6 is 0 Å². The van der Waals surface area contributed by atoms with Gasteiger partial charge in [-0.25, -0.2) is 9.50 Å². The average Bonchev–Trinajstić information content (AvgIpc) is 3.19. The molecule has 0 amide bonds. The zero-order valence-corrected chi connectivity index (χ0v) is 11.3. The molecule has 2 aromatic heterocycles. The van der Waals surface area contributed by atoms with Gasteiger partial charge in [0.25, 0.3) is 5.56 Å². The molecule has 2 heterocycles. The molecule has 0 saturated heterocycles. The van der Waals surface area contributed by atoms with Crippen molar-refractivity contribution in [3.63, 3.8) is 0 Å². The van der Waals surface area contributed by atoms with Gasteiger partial charge >= 0.3 is 0 Å². The SMILES string of the molecule is Cc1ccccc1-c1cc(=O)n2[nH]cc(C3CC3)c2n1. The van der Waals surface area contributed by atoms with Gasteiger partial charge in [0, 0.05) is 23.4 Å². The lowest BCUT2D eigenvalue weighted by atomic mass is 10.1. The molecule has 4 heteroatoms. The highest BCUT2D eigenvalue weighted by atomic mass is 16.1. The number of nitrogens with zero attached hydrogens (tertiary/aromatic N) is 2. The third-order valence-corrected chi connectivity index (χ3v) is 3.96. The number of aromatic amines is 1. The highest BCUT2D eigenvalue weighted by molar-refractivity contribution is 5.66. The molecule has 3 aromatic rings. The highest BCUT2D eigenvalue weighted by Gasteiger charge is 2.27. The number of H-pyrrole nitrogens is 1. The van der Waals surface area contributed by atoms with Crippen LogP contribution in [0.25, 0.3) is 16.9 Å². The highest BCUT2D eigenvalue weighted by Crippen LogP contribution is 2.41. The van der Waals surface area contributed by atoms with E-state index < -0.39 is 0 Å². The van der Waals surface area contributed by atoms with Gasteiger partial charge in [-0.3, -0.25) is 9.89 Å². The zero-order valence-electron chi connectivity index (χ0n) is 11.3. The van der Waals surface area contributed by atoms with E-state index >= 15 is 0 Å². The minimum atomic E-state index is -0.0554. The van der Waals surface area contributed by atoms with Crippen LogP contribution in [0.2, 0.25) is 0 Å². The van der Waals surface area contributed by atoms with Gasteiger partial charge in [-0.2, -0.15) is 0 Å². The van der Waals surface area contributed by atoms with Crippen LogP contribution in [0.4, 0.5) is 0 Å². The molecule has 1 fully saturated rings. The van der Waals surface area contributed by atoms with Gasteiger partial charge < -0.3 is 0 Å². The van der Waals surface area contributed by atoms with Crippen LogP contribution in [0.5, 0.6) is 0 Å². The summed E-state index contributed by atoms with van der Waals surface area (Å²) in [6, 6.07) is 9.62. The van der Waals surface area contributed by atoms with E-state index in [1.54, 1.807) is 6.07 Å². The molecule has 4 nitrogen and oxygen atoms in total. The summed E-state index contributed by atoms with van der Waals surface area (Å²) in [6.45, 7) is 2.04. The second kappa shape index (κ2) is 4.07. The van der Waals surface area contributed by atoms with Crippen molar-refractivity contribution in [1.82, 2.24) is 14.6 Å². The first-order valence-electron chi connectivity index (χ1n) is 6.91. The zero-order chi connectivity index (χ0) is 13.7. The maximum Gasteiger partial charge on any atom is 0.273 e. The Bertz CT molecular complexity index is 856. The van der Waals surface area contributed by atoms with Gasteiger partial charge in [0.2, 0.25) is 0 Å². The summed E-state index contributed by atoms with van der Waals surface area (Å²) in [7, 11) is 0. The number of rotatable bonds is 2. The lowest BCUT2D eigenvalue weighted by Gasteiger charge is -2.05. The second-order valence-electron chi connectivity index (χ2n) is 5.46. The van der Waals surface area contributed by atoms with Crippen molar-refractivity contribution in [2.75, 3.05) is 0 Å². The third kappa shape index (κ3) is 1.68. The molecule has 1 N–H and O–H groups in total. The van der Waals surface area contributed by atoms with Crippen molar-refractivity contribution >= 4 is 5.65 Å². The molecule has 100 valence electrons. The smallest absolute Gasteiger partial charge is 0.273 e. The van der Waals surface area contributed by atoms with E-state index in [1.165, 1.54) is 17.4 Å². The summed E-state index contributed by atoms with van der Waals surface area (Å²) >= 11 is 0. The first-order valence-corrected chi connectivity index (χ1v) is 6.91. The van der Waals surface area contributed by atoms with E-state index in [0.29, 0.717) is 5.92 Å². The van der Waals surface area contributed by atoms with Crippen molar-refractivity contribution in [3.05, 3.63) is 58.0 Å². The fourth-order valence-electron chi connectivity index (χ4n) is 2.69. The Morgan fingerprint density at radius 1 is 1.30 bits per heavy atom. The first-order chi connectivity index (χ1) is 9.74. The normalized spacial score (nSPS) is 14.8. The van der Waals surface area contributed by atoms with Crippen molar-refractivity contribution in [3.8, 4) is 11.3 Å². The maximum atomic E-state index is 12.2. The number of nitrogens with one attached hydrogen (secondary N) is 1. The Balaban J connectivity index is 1.99. The van der Waals surface area contributed by atoms with Crippen LogP contribution in [-0.4, -0.2) is 14.6 Å². The molecule has 20 heavy (non-hydrogen) atoms. The molecule has 4 rings (SSSR count). The standard InChI is InChI=1S/C16H15N3O/c1-10-4-2-3-5-12(10)14-8-15(20)19-16(18-14)13(9-17-19)11-6-7-11/h2-5,8-9,11,17H,6-7H2,1H3. The van der Waals surface area contributed by atoms with E-state index in [2.05, 4.69) is 5.10 Å². The topological polar surface area (TPSA) is 50.2 Å². The fourth-order valence-corrected chi connectivity index (χ4v) is 2.69. The van der Waals surface area contributed by atoms with Crippen LogP contribution in [0.3, 0.4) is 0 Å². The Morgan fingerprint density at radius 2 is 2.10 bits per heavy atom. The number of aryl methyl sites for hydroxylation is 1. The van der Waals surface area contributed by atoms with Crippen LogP contribution in [0, 0.1) is 6.92 Å². The molecule has 1 saturated carbocycles. The van der Waals surface area contributed by atoms with Crippen LogP contribution in [0.1, 0.15) is 29.9 Å². The van der Waals surface area contributed by atoms with Crippen LogP contribution < -0.4 is 5.56 Å². The number of fused-ring (bicyclic) bond motifs is 1. The largest absolute Gasteiger partial charge is 0.297 e. The van der Waals surface area contributed by atoms with Crippen molar-refractivity contribution < 1.29 is 0 Å². The number of hydrogen-bond donors (Lipinski definition) is 1. The summed E-state index contributed by atoms with van der Waals surface area (Å²) in [6.07, 6.45) is 4.30. The summed E-state index contributed by atoms with van der Waals surface area (Å²) in [5, 5.41) is 3.01. The quantitative estimate of drug-likeness (QED) is 0.774. The molecule has 0 atom stereocenters. The molecule has 0 aliphatic heterocycles. The Kier molecular flexibility index (Phi) is 2.33. The Labute approximate surface area is 116 Å². The van der Waals surface area contributed by atoms with E-state index in [9.17, 15) is 4.79 Å². The predicted molar refractivity (Wildman–Crippen MR) is 78.0 cm³/mol. The molecular formula is C16H15N3O. The summed E-state index contributed by atoms with van der Waals surface area (Å²) < 4.78 is 1.54. The predicted octanol–water partition coefficient (Wildman–Crippen LogP) is 2.88. The lowest BCUT2D eigenvalue weighted by molar-refractivity contribution is 0.900. The average molecular weight is 265 g/mol. The van der Waals surface area contributed by atoms with Crippen molar-refractivity contribution in [2.45, 2.75) is 25.7 Å². The van der Waals surface area contributed by atoms with Gasteiger partial charge in [0.05, 0.1) is 5.69 Å². The fraction of sp³-hybridized carbons (Fsp3) is 0.250. The Hall–Kier alpha value is -2.36. The molecule has 0 radical (unpaired) electrons. The van der Waals surface area contributed by atoms with Crippen LogP contribution in [-0.2, 0) is 0 Å². The molecule has 1 aliphatic carbocycles. The third-order valence-electron chi connectivity index (χ3n) is 3.96.